The fourth-order valence-corrected chi connectivity index (χ4v) is 1.63. The van der Waals surface area contributed by atoms with Crippen molar-refractivity contribution in [2.45, 2.75) is 19.3 Å². The van der Waals surface area contributed by atoms with Crippen molar-refractivity contribution in [1.82, 2.24) is 19.6 Å². The molecule has 0 spiro atoms. The Morgan fingerprint density at radius 1 is 1.37 bits per heavy atom. The van der Waals surface area contributed by atoms with Crippen molar-refractivity contribution in [3.63, 3.8) is 0 Å². The van der Waals surface area contributed by atoms with Gasteiger partial charge in [-0.15, -0.1) is 12.4 Å². The highest BCUT2D eigenvalue weighted by atomic mass is 35.5. The number of nitrogens with zero attached hydrogens (tertiary/aromatic N) is 4. The molecule has 2 heterocycles. The maximum atomic E-state index is 12.6. The summed E-state index contributed by atoms with van der Waals surface area (Å²) in [4.78, 5) is 0. The largest absolute Gasteiger partial charge is 0.433 e. The van der Waals surface area contributed by atoms with Crippen molar-refractivity contribution >= 4 is 12.4 Å². The minimum atomic E-state index is -4.40. The quantitative estimate of drug-likeness (QED) is 0.935. The third kappa shape index (κ3) is 3.48. The molecule has 0 radical (unpaired) electrons. The van der Waals surface area contributed by atoms with E-state index in [1.54, 1.807) is 12.4 Å². The van der Waals surface area contributed by atoms with Crippen molar-refractivity contribution in [3.8, 4) is 0 Å². The van der Waals surface area contributed by atoms with Gasteiger partial charge in [-0.05, 0) is 6.07 Å². The highest BCUT2D eigenvalue weighted by Crippen LogP contribution is 2.29. The highest BCUT2D eigenvalue weighted by Gasteiger charge is 2.34. The van der Waals surface area contributed by atoms with Crippen LogP contribution < -0.4 is 5.73 Å². The molecule has 0 amide bonds. The van der Waals surface area contributed by atoms with E-state index < -0.39 is 11.9 Å². The van der Waals surface area contributed by atoms with Crippen molar-refractivity contribution in [1.29, 1.82) is 0 Å². The lowest BCUT2D eigenvalue weighted by Gasteiger charge is -2.04. The molecule has 0 saturated carbocycles. The molecule has 0 fully saturated rings. The molecule has 2 aromatic rings. The maximum Gasteiger partial charge on any atom is 0.433 e. The molecule has 5 nitrogen and oxygen atoms in total. The average molecular weight is 296 g/mol. The Labute approximate surface area is 113 Å². The summed E-state index contributed by atoms with van der Waals surface area (Å²) in [6.45, 7) is 0.528. The number of aryl methyl sites for hydroxylation is 1. The topological polar surface area (TPSA) is 61.7 Å². The summed E-state index contributed by atoms with van der Waals surface area (Å²) >= 11 is 0. The van der Waals surface area contributed by atoms with Crippen LogP contribution in [0.2, 0.25) is 0 Å². The minimum absolute atomic E-state index is 0. The Kier molecular flexibility index (Phi) is 4.59. The molecule has 0 aliphatic rings. The summed E-state index contributed by atoms with van der Waals surface area (Å²) < 4.78 is 40.0. The lowest BCUT2D eigenvalue weighted by molar-refractivity contribution is -0.143. The van der Waals surface area contributed by atoms with Gasteiger partial charge in [0.1, 0.15) is 5.69 Å². The molecule has 2 rings (SSSR count). The van der Waals surface area contributed by atoms with Gasteiger partial charge < -0.3 is 5.73 Å². The summed E-state index contributed by atoms with van der Waals surface area (Å²) in [5, 5.41) is 7.80. The second-order valence-corrected chi connectivity index (χ2v) is 3.89. The van der Waals surface area contributed by atoms with E-state index in [2.05, 4.69) is 10.2 Å². The number of hydrogen-bond acceptors (Lipinski definition) is 3. The first-order valence-corrected chi connectivity index (χ1v) is 5.21. The van der Waals surface area contributed by atoms with Crippen LogP contribution in [-0.4, -0.2) is 19.6 Å². The van der Waals surface area contributed by atoms with E-state index in [0.29, 0.717) is 12.2 Å². The molecule has 0 saturated heterocycles. The first-order valence-electron chi connectivity index (χ1n) is 5.21. The van der Waals surface area contributed by atoms with E-state index in [0.717, 1.165) is 16.3 Å². The summed E-state index contributed by atoms with van der Waals surface area (Å²) in [5.74, 6) is 0. The summed E-state index contributed by atoms with van der Waals surface area (Å²) in [6.07, 6.45) is -1.14. The van der Waals surface area contributed by atoms with Gasteiger partial charge in [0.05, 0.1) is 18.4 Å². The van der Waals surface area contributed by atoms with Gasteiger partial charge in [0.15, 0.2) is 0 Å². The molecule has 0 aliphatic heterocycles. The van der Waals surface area contributed by atoms with E-state index in [1.165, 1.54) is 11.7 Å². The zero-order valence-electron chi connectivity index (χ0n) is 10.1. The molecule has 0 unspecified atom stereocenters. The van der Waals surface area contributed by atoms with Crippen LogP contribution in [0.4, 0.5) is 13.2 Å². The third-order valence-electron chi connectivity index (χ3n) is 2.47. The Morgan fingerprint density at radius 3 is 2.53 bits per heavy atom. The lowest BCUT2D eigenvalue weighted by Crippen LogP contribution is -2.11. The minimum Gasteiger partial charge on any atom is -0.326 e. The monoisotopic (exact) mass is 295 g/mol. The zero-order chi connectivity index (χ0) is 13.3. The van der Waals surface area contributed by atoms with E-state index in [1.807, 2.05) is 0 Å². The van der Waals surface area contributed by atoms with Gasteiger partial charge in [0.2, 0.25) is 0 Å². The van der Waals surface area contributed by atoms with Crippen LogP contribution in [0.15, 0.2) is 18.5 Å². The summed E-state index contributed by atoms with van der Waals surface area (Å²) in [5.41, 5.74) is 5.77. The molecular formula is C10H13ClF3N5. The first kappa shape index (κ1) is 15.5. The van der Waals surface area contributed by atoms with E-state index in [-0.39, 0.29) is 19.0 Å². The molecule has 0 atom stereocenters. The molecule has 2 aromatic heterocycles. The Hall–Kier alpha value is -1.54. The van der Waals surface area contributed by atoms with Gasteiger partial charge in [0, 0.05) is 25.4 Å². The molecule has 106 valence electrons. The van der Waals surface area contributed by atoms with Crippen LogP contribution in [0.25, 0.3) is 0 Å². The smallest absolute Gasteiger partial charge is 0.326 e. The highest BCUT2D eigenvalue weighted by molar-refractivity contribution is 5.85. The zero-order valence-corrected chi connectivity index (χ0v) is 10.9. The van der Waals surface area contributed by atoms with Crippen molar-refractivity contribution in [2.24, 2.45) is 12.8 Å². The maximum absolute atomic E-state index is 12.6. The number of halogens is 4. The van der Waals surface area contributed by atoms with Crippen LogP contribution in [0.3, 0.4) is 0 Å². The Balaban J connectivity index is 0.00000180. The van der Waals surface area contributed by atoms with E-state index >= 15 is 0 Å². The number of hydrogen-bond donors (Lipinski definition) is 1. The van der Waals surface area contributed by atoms with Crippen LogP contribution >= 0.6 is 12.4 Å². The molecule has 0 bridgehead atoms. The van der Waals surface area contributed by atoms with Crippen LogP contribution in [0.1, 0.15) is 17.0 Å². The SMILES string of the molecule is Cl.Cn1nc(Cn2cc(CN)cn2)cc1C(F)(F)F. The van der Waals surface area contributed by atoms with Crippen LogP contribution in [-0.2, 0) is 26.3 Å². The molecule has 2 N–H and O–H groups in total. The first-order chi connectivity index (χ1) is 8.40. The van der Waals surface area contributed by atoms with Crippen LogP contribution in [0.5, 0.6) is 0 Å². The Morgan fingerprint density at radius 2 is 2.05 bits per heavy atom. The average Bonchev–Trinajstić information content (AvgIpc) is 2.84. The second kappa shape index (κ2) is 5.62. The van der Waals surface area contributed by atoms with Gasteiger partial charge in [-0.25, -0.2) is 0 Å². The third-order valence-corrected chi connectivity index (χ3v) is 2.47. The van der Waals surface area contributed by atoms with E-state index in [9.17, 15) is 13.2 Å². The standard InChI is InChI=1S/C10H12F3N5.ClH/c1-17-9(10(11,12)13)2-8(16-17)6-18-5-7(3-14)4-15-18;/h2,4-5H,3,6,14H2,1H3;1H. The fraction of sp³-hybridized carbons (Fsp3) is 0.400. The predicted molar refractivity (Wildman–Crippen MR) is 64.7 cm³/mol. The van der Waals surface area contributed by atoms with Gasteiger partial charge in [-0.1, -0.05) is 0 Å². The number of alkyl halides is 3. The molecule has 19 heavy (non-hydrogen) atoms. The van der Waals surface area contributed by atoms with Gasteiger partial charge in [-0.2, -0.15) is 23.4 Å². The number of nitrogens with two attached hydrogens (primary N) is 1. The lowest BCUT2D eigenvalue weighted by atomic mass is 10.3. The van der Waals surface area contributed by atoms with Gasteiger partial charge in [-0.3, -0.25) is 9.36 Å². The van der Waals surface area contributed by atoms with Crippen molar-refractivity contribution in [3.05, 3.63) is 35.4 Å². The fourth-order valence-electron chi connectivity index (χ4n) is 1.63. The van der Waals surface area contributed by atoms with Crippen LogP contribution in [0, 0.1) is 0 Å². The Bertz CT molecular complexity index is 546. The van der Waals surface area contributed by atoms with Gasteiger partial charge >= 0.3 is 6.18 Å². The van der Waals surface area contributed by atoms with Crippen molar-refractivity contribution < 1.29 is 13.2 Å². The summed E-state index contributed by atoms with van der Waals surface area (Å²) in [6, 6.07) is 1.02. The number of rotatable bonds is 3. The number of aromatic nitrogens is 4. The molecule has 0 aliphatic carbocycles. The molecule has 9 heteroatoms. The molecule has 0 aromatic carbocycles. The van der Waals surface area contributed by atoms with Crippen molar-refractivity contribution in [2.75, 3.05) is 0 Å². The molecular weight excluding hydrogens is 283 g/mol. The predicted octanol–water partition coefficient (Wildman–Crippen LogP) is 1.56. The van der Waals surface area contributed by atoms with E-state index in [4.69, 9.17) is 5.73 Å². The second-order valence-electron chi connectivity index (χ2n) is 3.89. The van der Waals surface area contributed by atoms with Gasteiger partial charge in [0.25, 0.3) is 0 Å². The normalized spacial score (nSPS) is 11.4. The summed E-state index contributed by atoms with van der Waals surface area (Å²) in [7, 11) is 1.26.